The van der Waals surface area contributed by atoms with E-state index in [1.165, 1.54) is 0 Å². The fraction of sp³-hybridized carbons (Fsp3) is 0.238. The third-order valence-electron chi connectivity index (χ3n) is 5.54. The summed E-state index contributed by atoms with van der Waals surface area (Å²) in [4.78, 5) is 15.5. The summed E-state index contributed by atoms with van der Waals surface area (Å²) in [5, 5.41) is 15.3. The molecule has 1 atom stereocenters. The van der Waals surface area contributed by atoms with Gasteiger partial charge in [-0.2, -0.15) is 4.68 Å². The summed E-state index contributed by atoms with van der Waals surface area (Å²) in [6.45, 7) is 6.18. The molecule has 3 aromatic rings. The molecule has 0 saturated carbocycles. The lowest BCUT2D eigenvalue weighted by molar-refractivity contribution is 0.102. The maximum atomic E-state index is 13.2. The van der Waals surface area contributed by atoms with Crippen LogP contribution < -0.4 is 10.2 Å². The second kappa shape index (κ2) is 6.30. The monoisotopic (exact) mass is 372 g/mol. The second-order valence-corrected chi connectivity index (χ2v) is 6.90. The van der Waals surface area contributed by atoms with Gasteiger partial charge in [0.15, 0.2) is 5.78 Å². The minimum Gasteiger partial charge on any atom is -0.372 e. The van der Waals surface area contributed by atoms with Crippen LogP contribution >= 0.6 is 0 Å². The summed E-state index contributed by atoms with van der Waals surface area (Å²) < 4.78 is 1.69. The molecule has 0 bridgehead atoms. The minimum atomic E-state index is -0.355. The van der Waals surface area contributed by atoms with Crippen molar-refractivity contribution in [2.24, 2.45) is 0 Å². The number of tetrazole rings is 1. The van der Waals surface area contributed by atoms with Crippen molar-refractivity contribution in [2.75, 3.05) is 23.3 Å². The van der Waals surface area contributed by atoms with Crippen molar-refractivity contribution in [1.82, 2.24) is 20.2 Å². The summed E-state index contributed by atoms with van der Waals surface area (Å²) in [7, 11) is 0. The lowest BCUT2D eigenvalue weighted by atomic mass is 9.94. The van der Waals surface area contributed by atoms with Gasteiger partial charge in [-0.3, -0.25) is 4.79 Å². The molecule has 0 saturated heterocycles. The zero-order valence-corrected chi connectivity index (χ0v) is 15.8. The van der Waals surface area contributed by atoms with Gasteiger partial charge in [0, 0.05) is 29.9 Å². The number of nitrogens with zero attached hydrogens (tertiary/aromatic N) is 5. The molecule has 5 rings (SSSR count). The Morgan fingerprint density at radius 3 is 2.46 bits per heavy atom. The van der Waals surface area contributed by atoms with Gasteiger partial charge >= 0.3 is 0 Å². The average molecular weight is 372 g/mol. The highest BCUT2D eigenvalue weighted by Gasteiger charge is 2.41. The van der Waals surface area contributed by atoms with Crippen molar-refractivity contribution in [3.05, 3.63) is 70.8 Å². The normalized spacial score (nSPS) is 17.1. The van der Waals surface area contributed by atoms with E-state index in [-0.39, 0.29) is 11.8 Å². The van der Waals surface area contributed by atoms with E-state index in [1.807, 2.05) is 24.3 Å². The number of benzene rings is 2. The summed E-state index contributed by atoms with van der Waals surface area (Å²) in [6, 6.07) is 15.6. The molecule has 28 heavy (non-hydrogen) atoms. The minimum absolute atomic E-state index is 0.0251. The van der Waals surface area contributed by atoms with E-state index in [2.05, 4.69) is 63.9 Å². The molecule has 1 aromatic heterocycles. The first kappa shape index (κ1) is 16.7. The number of ketones is 1. The molecule has 0 radical (unpaired) electrons. The van der Waals surface area contributed by atoms with Crippen molar-refractivity contribution in [2.45, 2.75) is 19.9 Å². The average Bonchev–Trinajstić information content (AvgIpc) is 3.32. The van der Waals surface area contributed by atoms with E-state index in [4.69, 9.17) is 0 Å². The van der Waals surface area contributed by atoms with Gasteiger partial charge in [0.2, 0.25) is 5.95 Å². The van der Waals surface area contributed by atoms with E-state index >= 15 is 0 Å². The number of nitrogens with one attached hydrogen (secondary N) is 1. The molecule has 7 nitrogen and oxygen atoms in total. The van der Waals surface area contributed by atoms with E-state index in [1.54, 1.807) is 4.68 Å². The lowest BCUT2D eigenvalue weighted by Gasteiger charge is -2.27. The SMILES string of the molecule is CCN(CC)c1ccc([C@@H]2C3=C(Nc4nnnn42)c2ccccc2C3=O)cc1. The summed E-state index contributed by atoms with van der Waals surface area (Å²) in [5.41, 5.74) is 5.26. The molecular formula is C21H20N6O. The molecular weight excluding hydrogens is 352 g/mol. The van der Waals surface area contributed by atoms with Gasteiger partial charge in [-0.25, -0.2) is 0 Å². The highest BCUT2D eigenvalue weighted by molar-refractivity contribution is 6.23. The molecule has 0 unspecified atom stereocenters. The Hall–Kier alpha value is -3.48. The van der Waals surface area contributed by atoms with Crippen molar-refractivity contribution in [3.63, 3.8) is 0 Å². The molecule has 2 aliphatic rings. The van der Waals surface area contributed by atoms with Crippen LogP contribution in [0.5, 0.6) is 0 Å². The molecule has 2 aromatic carbocycles. The van der Waals surface area contributed by atoms with Gasteiger partial charge < -0.3 is 10.2 Å². The lowest BCUT2D eigenvalue weighted by Crippen LogP contribution is -2.26. The van der Waals surface area contributed by atoms with Crippen molar-refractivity contribution < 1.29 is 4.79 Å². The Kier molecular flexibility index (Phi) is 3.75. The van der Waals surface area contributed by atoms with Gasteiger partial charge in [0.25, 0.3) is 0 Å². The first-order valence-corrected chi connectivity index (χ1v) is 9.51. The van der Waals surface area contributed by atoms with Crippen LogP contribution in [0, 0.1) is 0 Å². The second-order valence-electron chi connectivity index (χ2n) is 6.90. The molecule has 0 spiro atoms. The fourth-order valence-corrected chi connectivity index (χ4v) is 4.15. The number of carbonyl (C=O) groups excluding carboxylic acids is 1. The summed E-state index contributed by atoms with van der Waals surface area (Å²) in [6.07, 6.45) is 0. The summed E-state index contributed by atoms with van der Waals surface area (Å²) in [5.74, 6) is 0.568. The number of anilines is 2. The van der Waals surface area contributed by atoms with Crippen LogP contribution in [-0.2, 0) is 0 Å². The van der Waals surface area contributed by atoms with Crippen LogP contribution in [0.4, 0.5) is 11.6 Å². The van der Waals surface area contributed by atoms with Crippen LogP contribution in [0.3, 0.4) is 0 Å². The van der Waals surface area contributed by atoms with Gasteiger partial charge in [-0.05, 0) is 42.0 Å². The number of hydrogen-bond acceptors (Lipinski definition) is 6. The number of hydrogen-bond donors (Lipinski definition) is 1. The topological polar surface area (TPSA) is 75.9 Å². The number of allylic oxidation sites excluding steroid dienone is 1. The zero-order valence-electron chi connectivity index (χ0n) is 15.8. The number of carbonyl (C=O) groups is 1. The molecule has 1 aliphatic heterocycles. The quantitative estimate of drug-likeness (QED) is 0.758. The molecule has 140 valence electrons. The van der Waals surface area contributed by atoms with Crippen molar-refractivity contribution in [3.8, 4) is 0 Å². The Labute approximate surface area is 162 Å². The van der Waals surface area contributed by atoms with Gasteiger partial charge in [-0.1, -0.05) is 41.5 Å². The first-order chi connectivity index (χ1) is 13.7. The molecule has 2 heterocycles. The number of Topliss-reactive ketones (excluding diaryl/α,β-unsaturated/α-hetero) is 1. The highest BCUT2D eigenvalue weighted by Crippen LogP contribution is 2.44. The Bertz CT molecular complexity index is 1090. The maximum absolute atomic E-state index is 13.2. The standard InChI is InChI=1S/C21H20N6O/c1-3-26(4-2)14-11-9-13(10-12-14)19-17-18(22-21-23-24-25-27(19)21)15-7-5-6-8-16(15)20(17)28/h5-12,19H,3-4H2,1-2H3,(H,22,23,25)/t19-/m1/s1. The Morgan fingerprint density at radius 1 is 1.04 bits per heavy atom. The van der Waals surface area contributed by atoms with Gasteiger partial charge in [0.05, 0.1) is 11.3 Å². The van der Waals surface area contributed by atoms with E-state index in [0.717, 1.165) is 35.6 Å². The Morgan fingerprint density at radius 2 is 1.75 bits per heavy atom. The third-order valence-corrected chi connectivity index (χ3v) is 5.54. The number of fused-ring (bicyclic) bond motifs is 3. The predicted molar refractivity (Wildman–Crippen MR) is 107 cm³/mol. The predicted octanol–water partition coefficient (Wildman–Crippen LogP) is 3.14. The molecule has 1 N–H and O–H groups in total. The molecule has 7 heteroatoms. The van der Waals surface area contributed by atoms with E-state index in [9.17, 15) is 4.79 Å². The largest absolute Gasteiger partial charge is 0.372 e. The molecule has 0 amide bonds. The maximum Gasteiger partial charge on any atom is 0.248 e. The van der Waals surface area contributed by atoms with Crippen LogP contribution in [-0.4, -0.2) is 39.1 Å². The fourth-order valence-electron chi connectivity index (χ4n) is 4.15. The number of aromatic nitrogens is 4. The Balaban J connectivity index is 1.64. The summed E-state index contributed by atoms with van der Waals surface area (Å²) >= 11 is 0. The van der Waals surface area contributed by atoms with E-state index < -0.39 is 0 Å². The van der Waals surface area contributed by atoms with Gasteiger partial charge in [-0.15, -0.1) is 0 Å². The van der Waals surface area contributed by atoms with Crippen LogP contribution in [0.15, 0.2) is 54.1 Å². The van der Waals surface area contributed by atoms with Crippen LogP contribution in [0.2, 0.25) is 0 Å². The molecule has 0 fully saturated rings. The third kappa shape index (κ3) is 2.29. The van der Waals surface area contributed by atoms with Crippen LogP contribution in [0.1, 0.15) is 41.4 Å². The van der Waals surface area contributed by atoms with Crippen molar-refractivity contribution >= 4 is 23.1 Å². The first-order valence-electron chi connectivity index (χ1n) is 9.51. The van der Waals surface area contributed by atoms with Crippen molar-refractivity contribution in [1.29, 1.82) is 0 Å². The number of rotatable bonds is 4. The van der Waals surface area contributed by atoms with E-state index in [0.29, 0.717) is 17.1 Å². The zero-order chi connectivity index (χ0) is 19.3. The van der Waals surface area contributed by atoms with Gasteiger partial charge in [0.1, 0.15) is 6.04 Å². The smallest absolute Gasteiger partial charge is 0.248 e. The van der Waals surface area contributed by atoms with Crippen LogP contribution in [0.25, 0.3) is 5.70 Å². The highest BCUT2D eigenvalue weighted by atomic mass is 16.1. The molecule has 1 aliphatic carbocycles.